The van der Waals surface area contributed by atoms with Crippen LogP contribution in [0.2, 0.25) is 0 Å². The van der Waals surface area contributed by atoms with Crippen molar-refractivity contribution in [3.05, 3.63) is 11.3 Å². The molecule has 0 fully saturated rings. The summed E-state index contributed by atoms with van der Waals surface area (Å²) in [6, 6.07) is 0. The molecular formula is C18H26N2O7. The predicted octanol–water partition coefficient (Wildman–Crippen LogP) is 2.93. The Morgan fingerprint density at radius 3 is 1.96 bits per heavy atom. The number of carboxylic acids is 1. The molecule has 1 aliphatic heterocycles. The Balaban J connectivity index is 3.06. The van der Waals surface area contributed by atoms with Crippen molar-refractivity contribution in [3.8, 4) is 0 Å². The van der Waals surface area contributed by atoms with Crippen LogP contribution < -0.4 is 0 Å². The van der Waals surface area contributed by atoms with Crippen LogP contribution in [0.3, 0.4) is 0 Å². The molecule has 0 radical (unpaired) electrons. The fourth-order valence-electron chi connectivity index (χ4n) is 2.11. The van der Waals surface area contributed by atoms with E-state index in [1.54, 1.807) is 41.5 Å². The number of nitrogens with zero attached hydrogens (tertiary/aromatic N) is 2. The molecule has 0 bridgehead atoms. The first-order valence-electron chi connectivity index (χ1n) is 8.47. The van der Waals surface area contributed by atoms with E-state index in [4.69, 9.17) is 9.47 Å². The molecule has 2 amide bonds. The highest BCUT2D eigenvalue weighted by atomic mass is 16.6. The van der Waals surface area contributed by atoms with Crippen molar-refractivity contribution in [3.63, 3.8) is 0 Å². The van der Waals surface area contributed by atoms with Crippen LogP contribution in [-0.4, -0.2) is 57.9 Å². The molecule has 0 saturated heterocycles. The summed E-state index contributed by atoms with van der Waals surface area (Å²) in [6.07, 6.45) is -0.786. The van der Waals surface area contributed by atoms with Crippen LogP contribution in [0.5, 0.6) is 0 Å². The SMILES string of the molecule is CC(C)(C)OC(=O)N(CCC1=C(C(=O)O)C(=O)CC=N1)C(=O)OC(C)(C)C. The van der Waals surface area contributed by atoms with E-state index >= 15 is 0 Å². The van der Waals surface area contributed by atoms with Crippen LogP contribution in [-0.2, 0) is 19.1 Å². The Labute approximate surface area is 158 Å². The second-order valence-electron chi connectivity index (χ2n) is 7.93. The van der Waals surface area contributed by atoms with Crippen molar-refractivity contribution in [2.45, 2.75) is 65.6 Å². The van der Waals surface area contributed by atoms with Gasteiger partial charge in [0.1, 0.15) is 16.8 Å². The highest BCUT2D eigenvalue weighted by Gasteiger charge is 2.32. The van der Waals surface area contributed by atoms with Gasteiger partial charge in [0.2, 0.25) is 0 Å². The fourth-order valence-corrected chi connectivity index (χ4v) is 2.11. The summed E-state index contributed by atoms with van der Waals surface area (Å²) in [5.41, 5.74) is -2.13. The highest BCUT2D eigenvalue weighted by molar-refractivity contribution is 6.21. The minimum absolute atomic E-state index is 0.00383. The van der Waals surface area contributed by atoms with Gasteiger partial charge in [0.25, 0.3) is 0 Å². The third-order valence-electron chi connectivity index (χ3n) is 3.11. The first-order chi connectivity index (χ1) is 12.2. The number of carbonyl (C=O) groups excluding carboxylic acids is 3. The molecule has 1 heterocycles. The number of imide groups is 1. The minimum Gasteiger partial charge on any atom is -0.477 e. The van der Waals surface area contributed by atoms with Crippen molar-refractivity contribution in [1.82, 2.24) is 4.90 Å². The number of Topliss-reactive ketones (excluding diaryl/α,β-unsaturated/α-hetero) is 1. The number of ketones is 1. The van der Waals surface area contributed by atoms with Crippen molar-refractivity contribution in [2.24, 2.45) is 4.99 Å². The molecule has 27 heavy (non-hydrogen) atoms. The smallest absolute Gasteiger partial charge is 0.419 e. The van der Waals surface area contributed by atoms with Gasteiger partial charge in [-0.15, -0.1) is 0 Å². The Bertz CT molecular complexity index is 665. The third-order valence-corrected chi connectivity index (χ3v) is 3.11. The molecule has 9 nitrogen and oxygen atoms in total. The van der Waals surface area contributed by atoms with Gasteiger partial charge in [0.05, 0.1) is 5.70 Å². The van der Waals surface area contributed by atoms with Crippen LogP contribution in [0.15, 0.2) is 16.3 Å². The minimum atomic E-state index is -1.40. The van der Waals surface area contributed by atoms with Crippen LogP contribution in [0.4, 0.5) is 9.59 Å². The molecule has 0 saturated carbocycles. The van der Waals surface area contributed by atoms with Crippen LogP contribution in [0.1, 0.15) is 54.4 Å². The van der Waals surface area contributed by atoms with Gasteiger partial charge < -0.3 is 14.6 Å². The molecule has 0 aromatic rings. The summed E-state index contributed by atoms with van der Waals surface area (Å²) in [5, 5.41) is 9.22. The predicted molar refractivity (Wildman–Crippen MR) is 96.6 cm³/mol. The Morgan fingerprint density at radius 1 is 1.07 bits per heavy atom. The van der Waals surface area contributed by atoms with E-state index in [2.05, 4.69) is 4.99 Å². The maximum Gasteiger partial charge on any atom is 0.419 e. The molecule has 0 aromatic carbocycles. The van der Waals surface area contributed by atoms with Gasteiger partial charge in [0, 0.05) is 25.6 Å². The summed E-state index contributed by atoms with van der Waals surface area (Å²) >= 11 is 0. The largest absolute Gasteiger partial charge is 0.477 e. The summed E-state index contributed by atoms with van der Waals surface area (Å²) in [7, 11) is 0. The second-order valence-corrected chi connectivity index (χ2v) is 7.93. The number of carbonyl (C=O) groups is 4. The summed E-state index contributed by atoms with van der Waals surface area (Å²) in [5.74, 6) is -1.97. The Morgan fingerprint density at radius 2 is 1.56 bits per heavy atom. The van der Waals surface area contributed by atoms with Crippen molar-refractivity contribution in [2.75, 3.05) is 6.54 Å². The first-order valence-corrected chi connectivity index (χ1v) is 8.47. The number of ether oxygens (including phenoxy) is 2. The lowest BCUT2D eigenvalue weighted by atomic mass is 10.0. The summed E-state index contributed by atoms with van der Waals surface area (Å²) in [6.45, 7) is 9.63. The summed E-state index contributed by atoms with van der Waals surface area (Å²) in [4.78, 5) is 52.6. The number of carboxylic acid groups (broad SMARTS) is 1. The monoisotopic (exact) mass is 382 g/mol. The van der Waals surface area contributed by atoms with Gasteiger partial charge >= 0.3 is 18.2 Å². The zero-order chi connectivity index (χ0) is 21.0. The number of aliphatic imine (C=N–C) groups is 1. The number of rotatable bonds is 4. The number of aliphatic carboxylic acids is 1. The van der Waals surface area contributed by atoms with E-state index in [0.29, 0.717) is 0 Å². The van der Waals surface area contributed by atoms with Gasteiger partial charge in [-0.3, -0.25) is 9.79 Å². The van der Waals surface area contributed by atoms with Crippen LogP contribution >= 0.6 is 0 Å². The normalized spacial score (nSPS) is 14.8. The molecule has 1 N–H and O–H groups in total. The van der Waals surface area contributed by atoms with Crippen LogP contribution in [0, 0.1) is 0 Å². The topological polar surface area (TPSA) is 123 Å². The van der Waals surface area contributed by atoms with E-state index < -0.39 is 40.7 Å². The quantitative estimate of drug-likeness (QED) is 0.742. The number of hydrogen-bond acceptors (Lipinski definition) is 7. The molecule has 0 atom stereocenters. The van der Waals surface area contributed by atoms with E-state index in [-0.39, 0.29) is 25.1 Å². The molecule has 1 aliphatic rings. The molecule has 9 heteroatoms. The number of amides is 2. The second kappa shape index (κ2) is 8.32. The lowest BCUT2D eigenvalue weighted by molar-refractivity contribution is -0.134. The van der Waals surface area contributed by atoms with E-state index in [0.717, 1.165) is 4.90 Å². The van der Waals surface area contributed by atoms with E-state index in [1.807, 2.05) is 0 Å². The third kappa shape index (κ3) is 7.20. The lowest BCUT2D eigenvalue weighted by Gasteiger charge is -2.28. The van der Waals surface area contributed by atoms with Crippen molar-refractivity contribution < 1.29 is 33.8 Å². The Kier molecular flexibility index (Phi) is 6.88. The maximum atomic E-state index is 12.4. The van der Waals surface area contributed by atoms with E-state index in [1.165, 1.54) is 6.21 Å². The standard InChI is InChI=1S/C18H26N2O7/c1-17(2,3)26-15(24)20(16(25)27-18(4,5)6)10-8-11-13(14(22)23)12(21)7-9-19-11/h9H,7-8,10H2,1-6H3,(H,22,23). The van der Waals surface area contributed by atoms with Gasteiger partial charge in [0.15, 0.2) is 5.78 Å². The maximum absolute atomic E-state index is 12.4. The molecule has 0 unspecified atom stereocenters. The Hall–Kier alpha value is -2.71. The molecule has 1 rings (SSSR count). The molecular weight excluding hydrogens is 356 g/mol. The molecule has 0 spiro atoms. The van der Waals surface area contributed by atoms with Crippen LogP contribution in [0.25, 0.3) is 0 Å². The first kappa shape index (κ1) is 22.3. The molecule has 0 aliphatic carbocycles. The zero-order valence-corrected chi connectivity index (χ0v) is 16.5. The molecule has 150 valence electrons. The van der Waals surface area contributed by atoms with Gasteiger partial charge in [-0.1, -0.05) is 0 Å². The molecule has 0 aromatic heterocycles. The fraction of sp³-hybridized carbons (Fsp3) is 0.611. The zero-order valence-electron chi connectivity index (χ0n) is 16.5. The number of hydrogen-bond donors (Lipinski definition) is 1. The van der Waals surface area contributed by atoms with Gasteiger partial charge in [-0.05, 0) is 41.5 Å². The van der Waals surface area contributed by atoms with E-state index in [9.17, 15) is 24.3 Å². The van der Waals surface area contributed by atoms with Crippen molar-refractivity contribution in [1.29, 1.82) is 0 Å². The summed E-state index contributed by atoms with van der Waals surface area (Å²) < 4.78 is 10.4. The average molecular weight is 382 g/mol. The highest BCUT2D eigenvalue weighted by Crippen LogP contribution is 2.20. The average Bonchev–Trinajstić information content (AvgIpc) is 2.43. The van der Waals surface area contributed by atoms with Crippen molar-refractivity contribution >= 4 is 30.2 Å². The van der Waals surface area contributed by atoms with Gasteiger partial charge in [-0.2, -0.15) is 0 Å². The van der Waals surface area contributed by atoms with Gasteiger partial charge in [-0.25, -0.2) is 19.3 Å². The lowest BCUT2D eigenvalue weighted by Crippen LogP contribution is -2.44.